The number of thiazole rings is 1. The Morgan fingerprint density at radius 2 is 2.00 bits per heavy atom. The Balaban J connectivity index is 2.62. The first-order valence-corrected chi connectivity index (χ1v) is 7.48. The third kappa shape index (κ3) is 4.23. The number of aromatic nitrogens is 1. The highest BCUT2D eigenvalue weighted by Gasteiger charge is 2.21. The van der Waals surface area contributed by atoms with Crippen molar-refractivity contribution < 1.29 is 0 Å². The van der Waals surface area contributed by atoms with E-state index in [2.05, 4.69) is 50.3 Å². The van der Waals surface area contributed by atoms with Crippen LogP contribution in [0, 0.1) is 0 Å². The molecule has 0 aliphatic heterocycles. The first-order chi connectivity index (χ1) is 7.80. The summed E-state index contributed by atoms with van der Waals surface area (Å²) < 4.78 is 0. The maximum atomic E-state index is 5.97. The van der Waals surface area contributed by atoms with E-state index in [0.717, 1.165) is 18.0 Å². The van der Waals surface area contributed by atoms with Crippen LogP contribution in [0.4, 0.5) is 0 Å². The molecule has 2 nitrogen and oxygen atoms in total. The molecule has 0 amide bonds. The maximum Gasteiger partial charge on any atom is 0.107 e. The lowest BCUT2D eigenvalue weighted by molar-refractivity contribution is 0.379. The van der Waals surface area contributed by atoms with Crippen LogP contribution in [0.1, 0.15) is 51.7 Å². The van der Waals surface area contributed by atoms with Crippen LogP contribution >= 0.6 is 22.9 Å². The third-order valence-corrected chi connectivity index (χ3v) is 4.50. The molecule has 1 rings (SSSR count). The van der Waals surface area contributed by atoms with Crippen molar-refractivity contribution in [2.24, 2.45) is 0 Å². The molecule has 0 fully saturated rings. The van der Waals surface area contributed by atoms with Crippen LogP contribution in [-0.2, 0) is 12.0 Å². The van der Waals surface area contributed by atoms with E-state index in [1.54, 1.807) is 11.3 Å². The number of hydrogen-bond donors (Lipinski definition) is 1. The Hall–Kier alpha value is -0.120. The summed E-state index contributed by atoms with van der Waals surface area (Å²) in [6.07, 6.45) is 1.02. The van der Waals surface area contributed by atoms with Gasteiger partial charge < -0.3 is 5.32 Å². The minimum atomic E-state index is 0.00905. The topological polar surface area (TPSA) is 24.9 Å². The fourth-order valence-corrected chi connectivity index (χ4v) is 2.54. The summed E-state index contributed by atoms with van der Waals surface area (Å²) >= 11 is 7.69. The van der Waals surface area contributed by atoms with Crippen molar-refractivity contribution in [3.63, 3.8) is 0 Å². The lowest BCUT2D eigenvalue weighted by Gasteiger charge is -2.26. The molecule has 1 heterocycles. The average Bonchev–Trinajstić information content (AvgIpc) is 2.74. The molecule has 0 radical (unpaired) electrons. The first kappa shape index (κ1) is 14.9. The highest BCUT2D eigenvalue weighted by molar-refractivity contribution is 7.09. The number of rotatable bonds is 5. The molecule has 0 saturated carbocycles. The lowest BCUT2D eigenvalue weighted by atomic mass is 9.93. The highest BCUT2D eigenvalue weighted by atomic mass is 35.5. The maximum absolute atomic E-state index is 5.97. The van der Waals surface area contributed by atoms with E-state index in [0.29, 0.717) is 5.88 Å². The predicted octanol–water partition coefficient (Wildman–Crippen LogP) is 3.94. The molecule has 1 unspecified atom stereocenters. The summed E-state index contributed by atoms with van der Waals surface area (Å²) in [4.78, 5) is 4.67. The predicted molar refractivity (Wildman–Crippen MR) is 77.1 cm³/mol. The summed E-state index contributed by atoms with van der Waals surface area (Å²) in [5.74, 6) is 0.626. The number of nitrogens with zero attached hydrogens (tertiary/aromatic N) is 1. The zero-order valence-corrected chi connectivity index (χ0v) is 13.0. The summed E-state index contributed by atoms with van der Waals surface area (Å²) in [6.45, 7) is 11.7. The van der Waals surface area contributed by atoms with Crippen LogP contribution in [0.15, 0.2) is 5.38 Å². The molecule has 4 heteroatoms. The molecule has 0 aromatic carbocycles. The smallest absolute Gasteiger partial charge is 0.107 e. The van der Waals surface area contributed by atoms with Crippen molar-refractivity contribution >= 4 is 22.9 Å². The normalized spacial score (nSPS) is 15.9. The van der Waals surface area contributed by atoms with Gasteiger partial charge in [0.15, 0.2) is 0 Å². The van der Waals surface area contributed by atoms with Crippen LogP contribution < -0.4 is 5.32 Å². The number of nitrogens with one attached hydrogen (secondary N) is 1. The Morgan fingerprint density at radius 1 is 1.35 bits per heavy atom. The Kier molecular flexibility index (Phi) is 4.99. The van der Waals surface area contributed by atoms with Gasteiger partial charge in [0, 0.05) is 28.8 Å². The molecular weight excluding hydrogens is 252 g/mol. The fraction of sp³-hybridized carbons (Fsp3) is 0.769. The molecule has 0 aliphatic carbocycles. The lowest BCUT2D eigenvalue weighted by Crippen LogP contribution is -2.42. The summed E-state index contributed by atoms with van der Waals surface area (Å²) in [7, 11) is 0. The van der Waals surface area contributed by atoms with E-state index in [-0.39, 0.29) is 11.0 Å². The van der Waals surface area contributed by atoms with Crippen LogP contribution in [0.25, 0.3) is 0 Å². The van der Waals surface area contributed by atoms with Crippen LogP contribution in [0.2, 0.25) is 0 Å². The van der Waals surface area contributed by atoms with Gasteiger partial charge in [-0.25, -0.2) is 4.98 Å². The van der Waals surface area contributed by atoms with Crippen molar-refractivity contribution in [2.75, 3.05) is 5.88 Å². The van der Waals surface area contributed by atoms with Gasteiger partial charge in [0.25, 0.3) is 0 Å². The standard InChI is InChI=1S/C13H23ClN2S/c1-6-13(5,9-14)15-7-11-16-10(8-17-11)12(2,3)4/h8,15H,6-7,9H2,1-5H3. The Labute approximate surface area is 114 Å². The number of hydrogen-bond acceptors (Lipinski definition) is 3. The average molecular weight is 275 g/mol. The molecule has 0 aliphatic rings. The van der Waals surface area contributed by atoms with Gasteiger partial charge >= 0.3 is 0 Å². The van der Waals surface area contributed by atoms with E-state index in [1.165, 1.54) is 5.69 Å². The highest BCUT2D eigenvalue weighted by Crippen LogP contribution is 2.24. The molecule has 1 atom stereocenters. The fourth-order valence-electron chi connectivity index (χ4n) is 1.29. The van der Waals surface area contributed by atoms with E-state index in [1.807, 2.05) is 0 Å². The summed E-state index contributed by atoms with van der Waals surface area (Å²) in [6, 6.07) is 0. The van der Waals surface area contributed by atoms with Crippen LogP contribution in [0.3, 0.4) is 0 Å². The van der Waals surface area contributed by atoms with Crippen LogP contribution in [-0.4, -0.2) is 16.4 Å². The number of alkyl halides is 1. The molecule has 0 spiro atoms. The van der Waals surface area contributed by atoms with Gasteiger partial charge in [0.05, 0.1) is 5.69 Å². The zero-order chi connectivity index (χ0) is 13.1. The van der Waals surface area contributed by atoms with E-state index in [4.69, 9.17) is 11.6 Å². The van der Waals surface area contributed by atoms with Gasteiger partial charge in [-0.3, -0.25) is 0 Å². The minimum Gasteiger partial charge on any atom is -0.304 e. The molecular formula is C13H23ClN2S. The van der Waals surface area contributed by atoms with E-state index < -0.39 is 0 Å². The molecule has 0 saturated heterocycles. The van der Waals surface area contributed by atoms with Gasteiger partial charge in [-0.1, -0.05) is 27.7 Å². The number of halogens is 1. The summed E-state index contributed by atoms with van der Waals surface area (Å²) in [5, 5.41) is 6.78. The second-order valence-corrected chi connectivity index (χ2v) is 6.99. The Bertz CT molecular complexity index is 351. The van der Waals surface area contributed by atoms with Crippen molar-refractivity contribution in [3.05, 3.63) is 16.1 Å². The molecule has 98 valence electrons. The molecule has 1 aromatic heterocycles. The van der Waals surface area contributed by atoms with Crippen LogP contribution in [0.5, 0.6) is 0 Å². The largest absolute Gasteiger partial charge is 0.304 e. The van der Waals surface area contributed by atoms with Crippen molar-refractivity contribution in [1.29, 1.82) is 0 Å². The van der Waals surface area contributed by atoms with Gasteiger partial charge in [0.2, 0.25) is 0 Å². The molecule has 0 bridgehead atoms. The molecule has 1 N–H and O–H groups in total. The third-order valence-electron chi connectivity index (χ3n) is 3.06. The van der Waals surface area contributed by atoms with Gasteiger partial charge in [-0.2, -0.15) is 0 Å². The van der Waals surface area contributed by atoms with Gasteiger partial charge in [-0.15, -0.1) is 22.9 Å². The molecule has 1 aromatic rings. The first-order valence-electron chi connectivity index (χ1n) is 6.06. The van der Waals surface area contributed by atoms with Crippen molar-refractivity contribution in [1.82, 2.24) is 10.3 Å². The minimum absolute atomic E-state index is 0.00905. The van der Waals surface area contributed by atoms with E-state index >= 15 is 0 Å². The monoisotopic (exact) mass is 274 g/mol. The zero-order valence-electron chi connectivity index (χ0n) is 11.4. The quantitative estimate of drug-likeness (QED) is 0.823. The Morgan fingerprint density at radius 3 is 2.41 bits per heavy atom. The molecule has 17 heavy (non-hydrogen) atoms. The summed E-state index contributed by atoms with van der Waals surface area (Å²) in [5.41, 5.74) is 1.31. The SMILES string of the molecule is CCC(C)(CCl)NCc1nc(C(C)(C)C)cs1. The van der Waals surface area contributed by atoms with E-state index in [9.17, 15) is 0 Å². The van der Waals surface area contributed by atoms with Crippen molar-refractivity contribution in [3.8, 4) is 0 Å². The second kappa shape index (κ2) is 5.68. The van der Waals surface area contributed by atoms with Crippen molar-refractivity contribution in [2.45, 2.75) is 58.5 Å². The second-order valence-electron chi connectivity index (χ2n) is 5.78. The van der Waals surface area contributed by atoms with Gasteiger partial charge in [0.1, 0.15) is 5.01 Å². The van der Waals surface area contributed by atoms with Gasteiger partial charge in [-0.05, 0) is 13.3 Å².